The van der Waals surface area contributed by atoms with Crippen molar-refractivity contribution in [3.8, 4) is 0 Å². The Morgan fingerprint density at radius 2 is 1.95 bits per heavy atom. The number of hydrogen-bond acceptors (Lipinski definition) is 1. The van der Waals surface area contributed by atoms with Gasteiger partial charge >= 0.3 is 0 Å². The van der Waals surface area contributed by atoms with Crippen molar-refractivity contribution in [2.75, 3.05) is 11.9 Å². The summed E-state index contributed by atoms with van der Waals surface area (Å²) in [5.41, 5.74) is 1.02. The molecule has 3 rings (SSSR count). The molecule has 2 fully saturated rings. The molecule has 1 aromatic carbocycles. The molecule has 1 amide bonds. The average molecular weight is 336 g/mol. The number of hydrogen-bond donors (Lipinski definition) is 0. The van der Waals surface area contributed by atoms with E-state index in [4.69, 9.17) is 0 Å². The van der Waals surface area contributed by atoms with Crippen LogP contribution < -0.4 is 0 Å². The third-order valence-corrected chi connectivity index (χ3v) is 5.36. The van der Waals surface area contributed by atoms with Gasteiger partial charge in [-0.25, -0.2) is 0 Å². The van der Waals surface area contributed by atoms with E-state index in [0.717, 1.165) is 31.1 Å². The first kappa shape index (κ1) is 14.1. The second-order valence-corrected chi connectivity index (χ2v) is 6.87. The van der Waals surface area contributed by atoms with Gasteiger partial charge < -0.3 is 4.90 Å². The molecule has 0 heterocycles. The van der Waals surface area contributed by atoms with E-state index < -0.39 is 0 Å². The van der Waals surface area contributed by atoms with Gasteiger partial charge in [-0.15, -0.1) is 0 Å². The highest BCUT2D eigenvalue weighted by Gasteiger charge is 2.53. The fourth-order valence-corrected chi connectivity index (χ4v) is 3.41. The van der Waals surface area contributed by atoms with Crippen molar-refractivity contribution >= 4 is 21.8 Å². The predicted molar refractivity (Wildman–Crippen MR) is 85.1 cm³/mol. The Morgan fingerprint density at radius 3 is 2.45 bits per heavy atom. The number of amides is 1. The monoisotopic (exact) mass is 335 g/mol. The Balaban J connectivity index is 1.78. The smallest absolute Gasteiger partial charge is 0.233 e. The normalized spacial score (nSPS) is 20.2. The van der Waals surface area contributed by atoms with Crippen LogP contribution in [-0.2, 0) is 10.2 Å². The van der Waals surface area contributed by atoms with E-state index in [0.29, 0.717) is 11.9 Å². The summed E-state index contributed by atoms with van der Waals surface area (Å²) in [6.45, 7) is 0.906. The minimum absolute atomic E-state index is 0.191. The van der Waals surface area contributed by atoms with E-state index in [1.165, 1.54) is 24.8 Å². The van der Waals surface area contributed by atoms with Gasteiger partial charge in [0.25, 0.3) is 0 Å². The summed E-state index contributed by atoms with van der Waals surface area (Å²) in [5.74, 6) is 0.384. The molecule has 0 bridgehead atoms. The van der Waals surface area contributed by atoms with Crippen LogP contribution >= 0.6 is 15.9 Å². The van der Waals surface area contributed by atoms with E-state index >= 15 is 0 Å². The predicted octanol–water partition coefficient (Wildman–Crippen LogP) is 3.88. The third kappa shape index (κ3) is 2.52. The molecule has 3 heteroatoms. The molecule has 0 radical (unpaired) electrons. The molecule has 0 atom stereocenters. The number of halogens is 1. The van der Waals surface area contributed by atoms with Gasteiger partial charge in [-0.05, 0) is 44.1 Å². The fraction of sp³-hybridized carbons (Fsp3) is 0.588. The van der Waals surface area contributed by atoms with Crippen molar-refractivity contribution in [3.05, 3.63) is 35.9 Å². The van der Waals surface area contributed by atoms with Gasteiger partial charge in [0.05, 0.1) is 5.41 Å². The largest absolute Gasteiger partial charge is 0.339 e. The van der Waals surface area contributed by atoms with Crippen LogP contribution in [0.15, 0.2) is 30.3 Å². The van der Waals surface area contributed by atoms with Crippen molar-refractivity contribution in [2.45, 2.75) is 50.0 Å². The minimum atomic E-state index is -0.191. The summed E-state index contributed by atoms with van der Waals surface area (Å²) >= 11 is 3.49. The van der Waals surface area contributed by atoms with Gasteiger partial charge in [0.15, 0.2) is 0 Å². The van der Waals surface area contributed by atoms with E-state index in [1.807, 2.05) is 6.07 Å². The van der Waals surface area contributed by atoms with Crippen LogP contribution in [0.25, 0.3) is 0 Å². The Labute approximate surface area is 129 Å². The number of alkyl halides is 1. The molecule has 0 aliphatic heterocycles. The molecule has 2 nitrogen and oxygen atoms in total. The topological polar surface area (TPSA) is 20.3 Å². The molecule has 1 aromatic rings. The van der Waals surface area contributed by atoms with Gasteiger partial charge in [0.1, 0.15) is 0 Å². The maximum Gasteiger partial charge on any atom is 0.233 e. The number of benzene rings is 1. The molecule has 2 aliphatic rings. The maximum absolute atomic E-state index is 13.1. The molecule has 0 spiro atoms. The van der Waals surface area contributed by atoms with Crippen LogP contribution in [0.2, 0.25) is 0 Å². The van der Waals surface area contributed by atoms with Gasteiger partial charge in [0, 0.05) is 17.9 Å². The third-order valence-electron chi connectivity index (χ3n) is 4.79. The molecule has 0 saturated heterocycles. The molecule has 0 N–H and O–H groups in total. The van der Waals surface area contributed by atoms with Crippen LogP contribution in [0.1, 0.15) is 44.1 Å². The lowest BCUT2D eigenvalue weighted by molar-refractivity contribution is -0.138. The molecule has 108 valence electrons. The average Bonchev–Trinajstić information content (AvgIpc) is 3.23. The number of rotatable bonds is 6. The van der Waals surface area contributed by atoms with Gasteiger partial charge in [0.2, 0.25) is 5.91 Å². The minimum Gasteiger partial charge on any atom is -0.339 e. The maximum atomic E-state index is 13.1. The Kier molecular flexibility index (Phi) is 4.16. The summed E-state index contributed by atoms with van der Waals surface area (Å²) in [5, 5.41) is 0.974. The zero-order valence-corrected chi connectivity index (χ0v) is 13.4. The van der Waals surface area contributed by atoms with Crippen molar-refractivity contribution in [1.29, 1.82) is 0 Å². The van der Waals surface area contributed by atoms with Crippen LogP contribution in [0, 0.1) is 0 Å². The van der Waals surface area contributed by atoms with Gasteiger partial charge in [-0.3, -0.25) is 4.79 Å². The van der Waals surface area contributed by atoms with Crippen molar-refractivity contribution in [1.82, 2.24) is 4.90 Å². The Bertz CT molecular complexity index is 465. The van der Waals surface area contributed by atoms with E-state index in [9.17, 15) is 4.79 Å². The molecule has 2 aliphatic carbocycles. The number of nitrogens with zero attached hydrogens (tertiary/aromatic N) is 1. The first-order valence-corrected chi connectivity index (χ1v) is 8.83. The van der Waals surface area contributed by atoms with Gasteiger partial charge in [-0.2, -0.15) is 0 Å². The second-order valence-electron chi connectivity index (χ2n) is 6.07. The van der Waals surface area contributed by atoms with E-state index in [2.05, 4.69) is 45.1 Å². The van der Waals surface area contributed by atoms with E-state index in [1.54, 1.807) is 0 Å². The standard InChI is InChI=1S/C17H22BrNO/c18-12-5-13-19(15-8-4-9-15)16(20)17(10-11-17)14-6-2-1-3-7-14/h1-3,6-7,15H,4-5,8-13H2. The van der Waals surface area contributed by atoms with Crippen molar-refractivity contribution in [2.24, 2.45) is 0 Å². The summed E-state index contributed by atoms with van der Waals surface area (Å²) < 4.78 is 0. The van der Waals surface area contributed by atoms with E-state index in [-0.39, 0.29) is 5.41 Å². The number of carbonyl (C=O) groups excluding carboxylic acids is 1. The zero-order chi connectivity index (χ0) is 14.0. The Morgan fingerprint density at radius 1 is 1.25 bits per heavy atom. The second kappa shape index (κ2) is 5.88. The Hall–Kier alpha value is -0.830. The van der Waals surface area contributed by atoms with Crippen LogP contribution in [0.5, 0.6) is 0 Å². The highest BCUT2D eigenvalue weighted by atomic mass is 79.9. The first-order valence-electron chi connectivity index (χ1n) is 7.70. The molecule has 0 aromatic heterocycles. The fourth-order valence-electron chi connectivity index (χ4n) is 3.16. The lowest BCUT2D eigenvalue weighted by atomic mass is 9.88. The molecular formula is C17H22BrNO. The SMILES string of the molecule is O=C(N(CCCBr)C1CCC1)C1(c2ccccc2)CC1. The molecular weight excluding hydrogens is 314 g/mol. The van der Waals surface area contributed by atoms with Crippen molar-refractivity contribution in [3.63, 3.8) is 0 Å². The molecule has 2 saturated carbocycles. The van der Waals surface area contributed by atoms with Crippen LogP contribution in [-0.4, -0.2) is 28.7 Å². The summed E-state index contributed by atoms with van der Waals surface area (Å²) in [7, 11) is 0. The highest BCUT2D eigenvalue weighted by molar-refractivity contribution is 9.09. The number of carbonyl (C=O) groups is 1. The van der Waals surface area contributed by atoms with Crippen LogP contribution in [0.3, 0.4) is 0 Å². The summed E-state index contributed by atoms with van der Waals surface area (Å²) in [6, 6.07) is 10.9. The molecule has 20 heavy (non-hydrogen) atoms. The molecule has 0 unspecified atom stereocenters. The summed E-state index contributed by atoms with van der Waals surface area (Å²) in [6.07, 6.45) is 6.76. The highest BCUT2D eigenvalue weighted by Crippen LogP contribution is 2.50. The van der Waals surface area contributed by atoms with Crippen LogP contribution in [0.4, 0.5) is 0 Å². The van der Waals surface area contributed by atoms with Crippen molar-refractivity contribution < 1.29 is 4.79 Å². The lowest BCUT2D eigenvalue weighted by Crippen LogP contribution is -2.49. The zero-order valence-electron chi connectivity index (χ0n) is 11.9. The quantitative estimate of drug-likeness (QED) is 0.722. The lowest BCUT2D eigenvalue weighted by Gasteiger charge is -2.39. The summed E-state index contributed by atoms with van der Waals surface area (Å²) in [4.78, 5) is 15.3. The van der Waals surface area contributed by atoms with Gasteiger partial charge in [-0.1, -0.05) is 46.3 Å². The first-order chi connectivity index (χ1) is 9.78.